The highest BCUT2D eigenvalue weighted by molar-refractivity contribution is 7.91. The Bertz CT molecular complexity index is 558. The Kier molecular flexibility index (Phi) is 4.23. The maximum absolute atomic E-state index is 11.7. The molecule has 1 heterocycles. The minimum atomic E-state index is -2.88. The number of benzene rings is 1. The van der Waals surface area contributed by atoms with E-state index in [0.717, 1.165) is 23.7 Å². The third-order valence-electron chi connectivity index (χ3n) is 3.89. The van der Waals surface area contributed by atoms with Crippen molar-refractivity contribution in [2.24, 2.45) is 0 Å². The fourth-order valence-electron chi connectivity index (χ4n) is 2.78. The summed E-state index contributed by atoms with van der Waals surface area (Å²) in [5, 5.41) is 0.720. The van der Waals surface area contributed by atoms with E-state index in [9.17, 15) is 8.42 Å². The van der Waals surface area contributed by atoms with E-state index in [1.54, 1.807) is 0 Å². The maximum atomic E-state index is 11.7. The van der Waals surface area contributed by atoms with Gasteiger partial charge in [0, 0.05) is 17.1 Å². The largest absolute Gasteiger partial charge is 0.293 e. The van der Waals surface area contributed by atoms with Crippen molar-refractivity contribution in [2.75, 3.05) is 18.1 Å². The molecule has 0 aliphatic carbocycles. The number of sulfone groups is 1. The Labute approximate surface area is 120 Å². The molecule has 1 atom stereocenters. The normalized spacial score (nSPS) is 25.9. The zero-order valence-electron chi connectivity index (χ0n) is 11.4. The van der Waals surface area contributed by atoms with Gasteiger partial charge in [0.2, 0.25) is 0 Å². The van der Waals surface area contributed by atoms with Crippen LogP contribution in [0.3, 0.4) is 0 Å². The van der Waals surface area contributed by atoms with E-state index in [2.05, 4.69) is 11.8 Å². The van der Waals surface area contributed by atoms with Gasteiger partial charge in [0.1, 0.15) is 0 Å². The summed E-state index contributed by atoms with van der Waals surface area (Å²) in [6, 6.07) is 7.75. The van der Waals surface area contributed by atoms with Gasteiger partial charge in [-0.05, 0) is 37.6 Å². The highest BCUT2D eigenvalue weighted by Crippen LogP contribution is 2.30. The number of nitrogens with zero attached hydrogens (tertiary/aromatic N) is 1. The third-order valence-corrected chi connectivity index (χ3v) is 6.01. The van der Waals surface area contributed by atoms with Crippen molar-refractivity contribution in [1.29, 1.82) is 0 Å². The molecule has 5 heteroatoms. The Balaban J connectivity index is 2.17. The number of rotatable bonds is 4. The van der Waals surface area contributed by atoms with Crippen molar-refractivity contribution in [1.82, 2.24) is 4.90 Å². The van der Waals surface area contributed by atoms with Crippen LogP contribution in [0.15, 0.2) is 24.3 Å². The molecule has 19 heavy (non-hydrogen) atoms. The van der Waals surface area contributed by atoms with E-state index >= 15 is 0 Å². The first kappa shape index (κ1) is 14.8. The molecule has 1 aliphatic heterocycles. The van der Waals surface area contributed by atoms with Crippen molar-refractivity contribution in [2.45, 2.75) is 32.4 Å². The second-order valence-electron chi connectivity index (χ2n) is 5.48. The first-order valence-electron chi connectivity index (χ1n) is 6.54. The van der Waals surface area contributed by atoms with Gasteiger partial charge in [0.05, 0.1) is 11.5 Å². The molecule has 106 valence electrons. The molecule has 1 saturated heterocycles. The van der Waals surface area contributed by atoms with E-state index in [-0.39, 0.29) is 11.3 Å². The second kappa shape index (κ2) is 5.43. The lowest BCUT2D eigenvalue weighted by Crippen LogP contribution is -2.46. The van der Waals surface area contributed by atoms with Crippen LogP contribution in [-0.4, -0.2) is 36.9 Å². The molecule has 0 spiro atoms. The fraction of sp³-hybridized carbons (Fsp3) is 0.571. The van der Waals surface area contributed by atoms with Crippen LogP contribution < -0.4 is 0 Å². The molecule has 0 bridgehead atoms. The molecular weight excluding hydrogens is 282 g/mol. The zero-order chi connectivity index (χ0) is 14.1. The van der Waals surface area contributed by atoms with Gasteiger partial charge in [-0.1, -0.05) is 30.7 Å². The maximum Gasteiger partial charge on any atom is 0.152 e. The van der Waals surface area contributed by atoms with Gasteiger partial charge in [-0.3, -0.25) is 4.90 Å². The minimum absolute atomic E-state index is 0.254. The number of hydrogen-bond donors (Lipinski definition) is 0. The zero-order valence-corrected chi connectivity index (χ0v) is 13.0. The summed E-state index contributed by atoms with van der Waals surface area (Å²) in [7, 11) is -2.88. The van der Waals surface area contributed by atoms with Crippen LogP contribution in [0.1, 0.15) is 25.8 Å². The SMILES string of the molecule is CCN(Cc1cccc(Cl)c1)[C@]1(C)CCS(=O)(=O)C1. The summed E-state index contributed by atoms with van der Waals surface area (Å²) in [5.74, 6) is 0.559. The summed E-state index contributed by atoms with van der Waals surface area (Å²) in [4.78, 5) is 2.24. The van der Waals surface area contributed by atoms with Crippen LogP contribution in [0.4, 0.5) is 0 Å². The lowest BCUT2D eigenvalue weighted by atomic mass is 9.98. The van der Waals surface area contributed by atoms with E-state index in [1.165, 1.54) is 0 Å². The monoisotopic (exact) mass is 301 g/mol. The van der Waals surface area contributed by atoms with Crippen LogP contribution >= 0.6 is 11.6 Å². The molecule has 1 aromatic rings. The first-order chi connectivity index (χ1) is 8.85. The first-order valence-corrected chi connectivity index (χ1v) is 8.74. The molecule has 0 amide bonds. The Morgan fingerprint density at radius 3 is 2.68 bits per heavy atom. The van der Waals surface area contributed by atoms with E-state index in [0.29, 0.717) is 12.2 Å². The molecular formula is C14H20ClNO2S. The predicted octanol–water partition coefficient (Wildman–Crippen LogP) is 2.74. The standard InChI is InChI=1S/C14H20ClNO2S/c1-3-16(10-12-5-4-6-13(15)9-12)14(2)7-8-19(17,18)11-14/h4-6,9H,3,7-8,10-11H2,1-2H3/t14-/m1/s1. The van der Waals surface area contributed by atoms with Gasteiger partial charge in [0.25, 0.3) is 0 Å². The Hall–Kier alpha value is -0.580. The molecule has 1 aromatic carbocycles. The topological polar surface area (TPSA) is 37.4 Å². The van der Waals surface area contributed by atoms with Gasteiger partial charge >= 0.3 is 0 Å². The quantitative estimate of drug-likeness (QED) is 0.858. The highest BCUT2D eigenvalue weighted by atomic mass is 35.5. The van der Waals surface area contributed by atoms with Crippen LogP contribution in [0.5, 0.6) is 0 Å². The molecule has 0 unspecified atom stereocenters. The van der Waals surface area contributed by atoms with E-state index in [4.69, 9.17) is 11.6 Å². The number of hydrogen-bond acceptors (Lipinski definition) is 3. The second-order valence-corrected chi connectivity index (χ2v) is 8.10. The van der Waals surface area contributed by atoms with Crippen molar-refractivity contribution >= 4 is 21.4 Å². The number of halogens is 1. The average Bonchev–Trinajstić information content (AvgIpc) is 2.61. The van der Waals surface area contributed by atoms with Crippen molar-refractivity contribution in [3.8, 4) is 0 Å². The molecule has 2 rings (SSSR count). The highest BCUT2D eigenvalue weighted by Gasteiger charge is 2.42. The van der Waals surface area contributed by atoms with E-state index in [1.807, 2.05) is 31.2 Å². The third kappa shape index (κ3) is 3.50. The molecule has 3 nitrogen and oxygen atoms in total. The smallest absolute Gasteiger partial charge is 0.152 e. The molecule has 0 N–H and O–H groups in total. The van der Waals surface area contributed by atoms with E-state index < -0.39 is 9.84 Å². The van der Waals surface area contributed by atoms with Gasteiger partial charge in [-0.25, -0.2) is 8.42 Å². The molecule has 0 saturated carbocycles. The lowest BCUT2D eigenvalue weighted by molar-refractivity contribution is 0.124. The summed E-state index contributed by atoms with van der Waals surface area (Å²) < 4.78 is 23.5. The van der Waals surface area contributed by atoms with Crippen molar-refractivity contribution in [3.05, 3.63) is 34.9 Å². The van der Waals surface area contributed by atoms with Crippen molar-refractivity contribution < 1.29 is 8.42 Å². The van der Waals surface area contributed by atoms with Crippen molar-refractivity contribution in [3.63, 3.8) is 0 Å². The Morgan fingerprint density at radius 2 is 2.16 bits per heavy atom. The molecule has 0 radical (unpaired) electrons. The summed E-state index contributed by atoms with van der Waals surface area (Å²) in [6.45, 7) is 5.69. The molecule has 1 aliphatic rings. The molecule has 1 fully saturated rings. The lowest BCUT2D eigenvalue weighted by Gasteiger charge is -2.37. The Morgan fingerprint density at radius 1 is 1.42 bits per heavy atom. The summed E-state index contributed by atoms with van der Waals surface area (Å²) in [5.41, 5.74) is 0.871. The summed E-state index contributed by atoms with van der Waals surface area (Å²) in [6.07, 6.45) is 0.712. The minimum Gasteiger partial charge on any atom is -0.293 e. The average molecular weight is 302 g/mol. The predicted molar refractivity (Wildman–Crippen MR) is 79.2 cm³/mol. The van der Waals surface area contributed by atoms with Gasteiger partial charge in [-0.15, -0.1) is 0 Å². The van der Waals surface area contributed by atoms with Crippen LogP contribution in [0, 0.1) is 0 Å². The molecule has 0 aromatic heterocycles. The van der Waals surface area contributed by atoms with Gasteiger partial charge < -0.3 is 0 Å². The van der Waals surface area contributed by atoms with Crippen LogP contribution in [-0.2, 0) is 16.4 Å². The van der Waals surface area contributed by atoms with Gasteiger partial charge in [0.15, 0.2) is 9.84 Å². The van der Waals surface area contributed by atoms with Gasteiger partial charge in [-0.2, -0.15) is 0 Å². The van der Waals surface area contributed by atoms with Crippen LogP contribution in [0.25, 0.3) is 0 Å². The fourth-order valence-corrected chi connectivity index (χ4v) is 5.17. The van der Waals surface area contributed by atoms with Crippen LogP contribution in [0.2, 0.25) is 5.02 Å². The summed E-state index contributed by atoms with van der Waals surface area (Å²) >= 11 is 6.00.